The SMILES string of the molecule is CCN1CCC2(CC1)CN2S(=O)(=O)c1ccc(OC)cc1. The lowest BCUT2D eigenvalue weighted by Gasteiger charge is -2.31. The van der Waals surface area contributed by atoms with E-state index in [0.29, 0.717) is 17.2 Å². The Morgan fingerprint density at radius 1 is 1.19 bits per heavy atom. The zero-order valence-corrected chi connectivity index (χ0v) is 13.4. The molecule has 0 bridgehead atoms. The zero-order valence-electron chi connectivity index (χ0n) is 12.6. The minimum Gasteiger partial charge on any atom is -0.497 e. The number of likely N-dealkylation sites (tertiary alicyclic amines) is 1. The Labute approximate surface area is 126 Å². The third kappa shape index (κ3) is 2.56. The highest BCUT2D eigenvalue weighted by molar-refractivity contribution is 7.89. The van der Waals surface area contributed by atoms with Crippen LogP contribution >= 0.6 is 0 Å². The number of hydrogen-bond acceptors (Lipinski definition) is 4. The first-order chi connectivity index (χ1) is 10.0. The van der Waals surface area contributed by atoms with E-state index in [1.165, 1.54) is 0 Å². The van der Waals surface area contributed by atoms with Crippen LogP contribution in [0.2, 0.25) is 0 Å². The molecular formula is C15H22N2O3S. The third-order valence-electron chi connectivity index (χ3n) is 4.74. The molecular weight excluding hydrogens is 288 g/mol. The van der Waals surface area contributed by atoms with E-state index in [0.717, 1.165) is 32.5 Å². The molecule has 0 aliphatic carbocycles. The van der Waals surface area contributed by atoms with Crippen LogP contribution in [0.1, 0.15) is 19.8 Å². The Bertz CT molecular complexity index is 604. The number of nitrogens with zero attached hydrogens (tertiary/aromatic N) is 2. The molecule has 0 aromatic heterocycles. The molecule has 2 aliphatic heterocycles. The molecule has 21 heavy (non-hydrogen) atoms. The van der Waals surface area contributed by atoms with Crippen molar-refractivity contribution in [3.63, 3.8) is 0 Å². The molecule has 6 heteroatoms. The molecule has 1 atom stereocenters. The normalized spacial score (nSPS) is 25.0. The van der Waals surface area contributed by atoms with E-state index in [2.05, 4.69) is 11.8 Å². The van der Waals surface area contributed by atoms with Crippen molar-refractivity contribution in [2.45, 2.75) is 30.2 Å². The summed E-state index contributed by atoms with van der Waals surface area (Å²) in [7, 11) is -1.79. The smallest absolute Gasteiger partial charge is 0.243 e. The quantitative estimate of drug-likeness (QED) is 0.792. The minimum absolute atomic E-state index is 0.121. The second-order valence-electron chi connectivity index (χ2n) is 5.85. The summed E-state index contributed by atoms with van der Waals surface area (Å²) in [5.74, 6) is 0.672. The highest BCUT2D eigenvalue weighted by Crippen LogP contribution is 2.45. The van der Waals surface area contributed by atoms with Crippen LogP contribution < -0.4 is 4.74 Å². The van der Waals surface area contributed by atoms with Crippen molar-refractivity contribution in [3.05, 3.63) is 24.3 Å². The molecule has 116 valence electrons. The van der Waals surface area contributed by atoms with E-state index in [-0.39, 0.29) is 5.54 Å². The van der Waals surface area contributed by atoms with E-state index >= 15 is 0 Å². The first-order valence-corrected chi connectivity index (χ1v) is 8.85. The van der Waals surface area contributed by atoms with Gasteiger partial charge < -0.3 is 9.64 Å². The van der Waals surface area contributed by atoms with Gasteiger partial charge in [0.25, 0.3) is 0 Å². The Morgan fingerprint density at radius 3 is 2.33 bits per heavy atom. The molecule has 1 spiro atoms. The van der Waals surface area contributed by atoms with Gasteiger partial charge in [-0.25, -0.2) is 8.42 Å². The van der Waals surface area contributed by atoms with Gasteiger partial charge in [0.2, 0.25) is 10.0 Å². The predicted molar refractivity (Wildman–Crippen MR) is 81.0 cm³/mol. The van der Waals surface area contributed by atoms with E-state index < -0.39 is 10.0 Å². The molecule has 5 nitrogen and oxygen atoms in total. The highest BCUT2D eigenvalue weighted by atomic mass is 32.2. The van der Waals surface area contributed by atoms with Gasteiger partial charge in [-0.15, -0.1) is 0 Å². The zero-order chi connectivity index (χ0) is 15.1. The van der Waals surface area contributed by atoms with E-state index in [1.807, 2.05) is 0 Å². The van der Waals surface area contributed by atoms with Crippen molar-refractivity contribution < 1.29 is 13.2 Å². The molecule has 2 aliphatic rings. The fourth-order valence-electron chi connectivity index (χ4n) is 3.14. The Morgan fingerprint density at radius 2 is 1.81 bits per heavy atom. The van der Waals surface area contributed by atoms with Crippen LogP contribution in [-0.4, -0.2) is 56.5 Å². The van der Waals surface area contributed by atoms with Gasteiger partial charge in [-0.1, -0.05) is 6.92 Å². The molecule has 0 amide bonds. The van der Waals surface area contributed by atoms with Gasteiger partial charge in [-0.2, -0.15) is 4.31 Å². The minimum atomic E-state index is -3.36. The lowest BCUT2D eigenvalue weighted by molar-refractivity contribution is 0.200. The maximum absolute atomic E-state index is 12.7. The van der Waals surface area contributed by atoms with Gasteiger partial charge in [0, 0.05) is 6.54 Å². The average Bonchev–Trinajstić information content (AvgIpc) is 3.23. The average molecular weight is 310 g/mol. The molecule has 1 aromatic rings. The molecule has 1 unspecified atom stereocenters. The standard InChI is InChI=1S/C15H22N2O3S/c1-3-16-10-8-15(9-11-16)12-17(15)21(18,19)14-6-4-13(20-2)5-7-14/h4-7H,3,8-12H2,1-2H3. The van der Waals surface area contributed by atoms with Crippen molar-refractivity contribution in [2.75, 3.05) is 33.3 Å². The molecule has 1 aromatic carbocycles. The van der Waals surface area contributed by atoms with Crippen molar-refractivity contribution >= 4 is 10.0 Å². The van der Waals surface area contributed by atoms with Gasteiger partial charge in [0.05, 0.1) is 17.5 Å². The summed E-state index contributed by atoms with van der Waals surface area (Å²) in [6.45, 7) is 5.84. The number of piperidine rings is 1. The van der Waals surface area contributed by atoms with E-state index in [4.69, 9.17) is 4.74 Å². The summed E-state index contributed by atoms with van der Waals surface area (Å²) in [5.41, 5.74) is -0.121. The monoisotopic (exact) mass is 310 g/mol. The van der Waals surface area contributed by atoms with E-state index in [1.54, 1.807) is 35.7 Å². The van der Waals surface area contributed by atoms with Gasteiger partial charge in [0.15, 0.2) is 0 Å². The summed E-state index contributed by atoms with van der Waals surface area (Å²) < 4.78 is 32.1. The van der Waals surface area contributed by atoms with Crippen molar-refractivity contribution in [2.24, 2.45) is 0 Å². The molecule has 2 saturated heterocycles. The number of methoxy groups -OCH3 is 1. The van der Waals surface area contributed by atoms with Crippen LogP contribution in [0, 0.1) is 0 Å². The Hall–Kier alpha value is -1.11. The fraction of sp³-hybridized carbons (Fsp3) is 0.600. The summed E-state index contributed by atoms with van der Waals surface area (Å²) in [5, 5.41) is 0. The first kappa shape index (κ1) is 14.8. The largest absolute Gasteiger partial charge is 0.497 e. The van der Waals surface area contributed by atoms with Crippen molar-refractivity contribution in [3.8, 4) is 5.75 Å². The molecule has 3 rings (SSSR count). The number of ether oxygens (including phenoxy) is 1. The van der Waals surface area contributed by atoms with Crippen LogP contribution in [0.3, 0.4) is 0 Å². The maximum Gasteiger partial charge on any atom is 0.243 e. The number of benzene rings is 1. The number of sulfonamides is 1. The lowest BCUT2D eigenvalue weighted by Crippen LogP contribution is -2.40. The number of rotatable bonds is 4. The van der Waals surface area contributed by atoms with Crippen LogP contribution in [0.4, 0.5) is 0 Å². The van der Waals surface area contributed by atoms with Gasteiger partial charge in [0.1, 0.15) is 5.75 Å². The highest BCUT2D eigenvalue weighted by Gasteiger charge is 2.59. The summed E-state index contributed by atoms with van der Waals surface area (Å²) in [6.07, 6.45) is 1.88. The fourth-order valence-corrected chi connectivity index (χ4v) is 4.98. The van der Waals surface area contributed by atoms with Crippen LogP contribution in [0.5, 0.6) is 5.75 Å². The Balaban J connectivity index is 1.75. The first-order valence-electron chi connectivity index (χ1n) is 7.41. The van der Waals surface area contributed by atoms with Crippen LogP contribution in [0.15, 0.2) is 29.2 Å². The Kier molecular flexibility index (Phi) is 3.71. The molecule has 2 fully saturated rings. The van der Waals surface area contributed by atoms with Crippen LogP contribution in [-0.2, 0) is 10.0 Å². The van der Waals surface area contributed by atoms with Crippen molar-refractivity contribution in [1.29, 1.82) is 0 Å². The predicted octanol–water partition coefficient (Wildman–Crippen LogP) is 1.55. The van der Waals surface area contributed by atoms with E-state index in [9.17, 15) is 8.42 Å². The number of hydrogen-bond donors (Lipinski definition) is 0. The third-order valence-corrected chi connectivity index (χ3v) is 6.71. The lowest BCUT2D eigenvalue weighted by atomic mass is 9.97. The van der Waals surface area contributed by atoms with Gasteiger partial charge >= 0.3 is 0 Å². The van der Waals surface area contributed by atoms with Crippen LogP contribution in [0.25, 0.3) is 0 Å². The topological polar surface area (TPSA) is 49.6 Å². The molecule has 0 radical (unpaired) electrons. The van der Waals surface area contributed by atoms with Gasteiger partial charge in [-0.05, 0) is 56.7 Å². The second-order valence-corrected chi connectivity index (χ2v) is 7.71. The maximum atomic E-state index is 12.7. The van der Waals surface area contributed by atoms with Gasteiger partial charge in [-0.3, -0.25) is 0 Å². The molecule has 0 N–H and O–H groups in total. The summed E-state index contributed by atoms with van der Waals surface area (Å²) in [6, 6.07) is 6.65. The molecule has 0 saturated carbocycles. The second kappa shape index (κ2) is 5.26. The summed E-state index contributed by atoms with van der Waals surface area (Å²) in [4.78, 5) is 2.74. The molecule has 2 heterocycles. The summed E-state index contributed by atoms with van der Waals surface area (Å²) >= 11 is 0. The van der Waals surface area contributed by atoms with Crippen molar-refractivity contribution in [1.82, 2.24) is 9.21 Å².